The fourth-order valence-electron chi connectivity index (χ4n) is 4.01. The van der Waals surface area contributed by atoms with Crippen LogP contribution < -0.4 is 10.6 Å². The molecule has 2 heterocycles. The number of carbonyl (C=O) groups is 4. The fraction of sp³-hybridized carbons (Fsp3) is 0.810. The maximum Gasteiger partial charge on any atom is 0.410 e. The Morgan fingerprint density at radius 1 is 0.848 bits per heavy atom. The second-order valence-electron chi connectivity index (χ2n) is 8.10. The summed E-state index contributed by atoms with van der Waals surface area (Å²) in [6.45, 7) is 2.05. The summed E-state index contributed by atoms with van der Waals surface area (Å²) in [6.07, 6.45) is 1.04. The normalized spacial score (nSPS) is 20.0. The topological polar surface area (TPSA) is 148 Å². The lowest BCUT2D eigenvalue weighted by Crippen LogP contribution is -2.61. The summed E-state index contributed by atoms with van der Waals surface area (Å²) in [7, 11) is 3.43. The van der Waals surface area contributed by atoms with E-state index in [1.807, 2.05) is 0 Å². The lowest BCUT2D eigenvalue weighted by Gasteiger charge is -2.36. The van der Waals surface area contributed by atoms with Crippen LogP contribution in [0.25, 0.3) is 0 Å². The quantitative estimate of drug-likeness (QED) is 0.283. The summed E-state index contributed by atoms with van der Waals surface area (Å²) in [4.78, 5) is 50.1. The number of methoxy groups -OCH3 is 3. The molecular weight excluding hydrogens is 440 g/mol. The minimum absolute atomic E-state index is 0.0356. The molecule has 33 heavy (non-hydrogen) atoms. The number of hydrogen-bond acceptors (Lipinski definition) is 10. The van der Waals surface area contributed by atoms with Crippen LogP contribution in [0.1, 0.15) is 38.5 Å². The van der Waals surface area contributed by atoms with Crippen LogP contribution in [0.15, 0.2) is 0 Å². The van der Waals surface area contributed by atoms with Gasteiger partial charge in [0, 0.05) is 32.8 Å². The smallest absolute Gasteiger partial charge is 0.410 e. The standard InChI is InChI=1S/C21H34N2O10/c1-28-18(25)21(23-20(27)30-3,13-15-6-10-32-11-7-15)33-17(24)16(22-19(26)29-2)12-14-4-8-31-9-5-14/h14-16H,4-13H2,1-3H3,(H,22,26)(H,23,27). The molecule has 2 N–H and O–H groups in total. The van der Waals surface area contributed by atoms with E-state index in [4.69, 9.17) is 18.9 Å². The van der Waals surface area contributed by atoms with Crippen molar-refractivity contribution in [3.05, 3.63) is 0 Å². The number of amides is 2. The third kappa shape index (κ3) is 8.04. The Bertz CT molecular complexity index is 676. The van der Waals surface area contributed by atoms with E-state index in [2.05, 4.69) is 20.1 Å². The van der Waals surface area contributed by atoms with E-state index in [0.717, 1.165) is 14.2 Å². The molecule has 2 amide bonds. The molecule has 2 atom stereocenters. The van der Waals surface area contributed by atoms with Gasteiger partial charge in [0.2, 0.25) is 0 Å². The molecule has 0 aliphatic carbocycles. The zero-order valence-corrected chi connectivity index (χ0v) is 19.4. The van der Waals surface area contributed by atoms with Gasteiger partial charge >= 0.3 is 24.1 Å². The molecule has 2 unspecified atom stereocenters. The van der Waals surface area contributed by atoms with Crippen molar-refractivity contribution in [1.82, 2.24) is 10.6 Å². The molecule has 0 saturated carbocycles. The van der Waals surface area contributed by atoms with Crippen LogP contribution in [-0.4, -0.2) is 83.6 Å². The van der Waals surface area contributed by atoms with Crippen LogP contribution in [-0.2, 0) is 38.0 Å². The van der Waals surface area contributed by atoms with Crippen molar-refractivity contribution in [2.24, 2.45) is 11.8 Å². The van der Waals surface area contributed by atoms with Crippen molar-refractivity contribution in [3.8, 4) is 0 Å². The van der Waals surface area contributed by atoms with Crippen LogP contribution in [0.5, 0.6) is 0 Å². The molecular formula is C21H34N2O10. The summed E-state index contributed by atoms with van der Waals surface area (Å²) >= 11 is 0. The molecule has 2 aliphatic heterocycles. The van der Waals surface area contributed by atoms with Gasteiger partial charge in [0.25, 0.3) is 5.72 Å². The van der Waals surface area contributed by atoms with Crippen molar-refractivity contribution in [1.29, 1.82) is 0 Å². The van der Waals surface area contributed by atoms with Gasteiger partial charge in [0.15, 0.2) is 0 Å². The van der Waals surface area contributed by atoms with Crippen molar-refractivity contribution in [2.75, 3.05) is 47.8 Å². The van der Waals surface area contributed by atoms with E-state index in [-0.39, 0.29) is 24.7 Å². The summed E-state index contributed by atoms with van der Waals surface area (Å²) in [5, 5.41) is 4.82. The molecule has 12 nitrogen and oxygen atoms in total. The Morgan fingerprint density at radius 3 is 1.91 bits per heavy atom. The number of hydrogen-bond donors (Lipinski definition) is 2. The van der Waals surface area contributed by atoms with Crippen molar-refractivity contribution < 1.29 is 47.6 Å². The van der Waals surface area contributed by atoms with Crippen molar-refractivity contribution >= 4 is 24.1 Å². The van der Waals surface area contributed by atoms with E-state index in [0.29, 0.717) is 52.1 Å². The highest BCUT2D eigenvalue weighted by Gasteiger charge is 2.49. The molecule has 2 aliphatic rings. The third-order valence-corrected chi connectivity index (χ3v) is 5.87. The third-order valence-electron chi connectivity index (χ3n) is 5.87. The monoisotopic (exact) mass is 474 g/mol. The number of carbonyl (C=O) groups excluding carboxylic acids is 4. The molecule has 2 saturated heterocycles. The Morgan fingerprint density at radius 2 is 1.39 bits per heavy atom. The highest BCUT2D eigenvalue weighted by Crippen LogP contribution is 2.29. The van der Waals surface area contributed by atoms with Gasteiger partial charge < -0.3 is 33.7 Å². The van der Waals surface area contributed by atoms with E-state index in [1.165, 1.54) is 7.11 Å². The summed E-state index contributed by atoms with van der Waals surface area (Å²) < 4.78 is 30.5. The van der Waals surface area contributed by atoms with Gasteiger partial charge in [-0.15, -0.1) is 0 Å². The van der Waals surface area contributed by atoms with Crippen molar-refractivity contribution in [3.63, 3.8) is 0 Å². The Balaban J connectivity index is 2.28. The second kappa shape index (κ2) is 13.2. The van der Waals surface area contributed by atoms with Gasteiger partial charge in [0.05, 0.1) is 21.3 Å². The molecule has 2 rings (SSSR count). The number of nitrogens with one attached hydrogen (secondary N) is 2. The average Bonchev–Trinajstić information content (AvgIpc) is 2.83. The lowest BCUT2D eigenvalue weighted by molar-refractivity contribution is -0.189. The van der Waals surface area contributed by atoms with Gasteiger partial charge in [0.1, 0.15) is 6.04 Å². The Kier molecular flexibility index (Phi) is 10.7. The zero-order valence-electron chi connectivity index (χ0n) is 19.4. The first kappa shape index (κ1) is 26.7. The molecule has 188 valence electrons. The van der Waals surface area contributed by atoms with Gasteiger partial charge in [-0.2, -0.15) is 0 Å². The first-order valence-corrected chi connectivity index (χ1v) is 11.0. The van der Waals surface area contributed by atoms with E-state index < -0.39 is 35.9 Å². The molecule has 0 bridgehead atoms. The number of esters is 2. The Hall–Kier alpha value is -2.60. The first-order valence-electron chi connectivity index (χ1n) is 11.0. The molecule has 0 radical (unpaired) electrons. The predicted molar refractivity (Wildman–Crippen MR) is 112 cm³/mol. The molecule has 0 aromatic rings. The summed E-state index contributed by atoms with van der Waals surface area (Å²) in [5.74, 6) is -1.87. The highest BCUT2D eigenvalue weighted by atomic mass is 16.6. The van der Waals surface area contributed by atoms with E-state index in [1.54, 1.807) is 0 Å². The van der Waals surface area contributed by atoms with Crippen molar-refractivity contribution in [2.45, 2.75) is 50.3 Å². The van der Waals surface area contributed by atoms with Gasteiger partial charge in [-0.25, -0.2) is 19.2 Å². The van der Waals surface area contributed by atoms with Crippen LogP contribution in [0.3, 0.4) is 0 Å². The second-order valence-corrected chi connectivity index (χ2v) is 8.10. The molecule has 0 aromatic carbocycles. The minimum Gasteiger partial charge on any atom is -0.465 e. The lowest BCUT2D eigenvalue weighted by atomic mass is 9.89. The maximum atomic E-state index is 13.3. The number of rotatable bonds is 9. The maximum absolute atomic E-state index is 13.3. The van der Waals surface area contributed by atoms with Gasteiger partial charge in [-0.1, -0.05) is 0 Å². The zero-order chi connectivity index (χ0) is 24.3. The largest absolute Gasteiger partial charge is 0.465 e. The highest BCUT2D eigenvalue weighted by molar-refractivity contribution is 5.89. The van der Waals surface area contributed by atoms with Crippen LogP contribution in [0, 0.1) is 11.8 Å². The van der Waals surface area contributed by atoms with Gasteiger partial charge in [-0.05, 0) is 43.9 Å². The molecule has 0 aromatic heterocycles. The van der Waals surface area contributed by atoms with Gasteiger partial charge in [-0.3, -0.25) is 5.32 Å². The molecule has 2 fully saturated rings. The van der Waals surface area contributed by atoms with Crippen LogP contribution >= 0.6 is 0 Å². The van der Waals surface area contributed by atoms with Crippen LogP contribution in [0.2, 0.25) is 0 Å². The number of alkyl carbamates (subject to hydrolysis) is 2. The summed E-state index contributed by atoms with van der Waals surface area (Å²) in [6, 6.07) is -1.11. The number of ether oxygens (including phenoxy) is 6. The van der Waals surface area contributed by atoms with E-state index >= 15 is 0 Å². The fourth-order valence-corrected chi connectivity index (χ4v) is 4.01. The average molecular weight is 475 g/mol. The predicted octanol–water partition coefficient (Wildman–Crippen LogP) is 1.11. The van der Waals surface area contributed by atoms with Crippen LogP contribution in [0.4, 0.5) is 9.59 Å². The molecule has 12 heteroatoms. The minimum atomic E-state index is -2.13. The van der Waals surface area contributed by atoms with E-state index in [9.17, 15) is 19.2 Å². The SMILES string of the molecule is COC(=O)NC(CC1CCOCC1)C(=O)OC(CC1CCOCC1)(NC(=O)OC)C(=O)OC. The first-order chi connectivity index (χ1) is 15.8. The Labute approximate surface area is 192 Å². The molecule has 0 spiro atoms. The summed E-state index contributed by atoms with van der Waals surface area (Å²) in [5.41, 5.74) is -2.13.